The molecule has 1 fully saturated rings. The van der Waals surface area contributed by atoms with Crippen LogP contribution in [0.4, 0.5) is 0 Å². The van der Waals surface area contributed by atoms with Crippen LogP contribution in [0.3, 0.4) is 0 Å². The van der Waals surface area contributed by atoms with Gasteiger partial charge in [-0.15, -0.1) is 0 Å². The Labute approximate surface area is 153 Å². The molecule has 0 bridgehead atoms. The van der Waals surface area contributed by atoms with Crippen LogP contribution in [0.15, 0.2) is 9.42 Å². The summed E-state index contributed by atoms with van der Waals surface area (Å²) in [5.41, 5.74) is 1.19. The second kappa shape index (κ2) is 7.09. The molecular weight excluding hydrogens is 358 g/mol. The molecule has 10 heteroatoms. The van der Waals surface area contributed by atoms with Crippen LogP contribution >= 0.6 is 0 Å². The number of aliphatic hydroxyl groups excluding tert-OH is 1. The van der Waals surface area contributed by atoms with Crippen LogP contribution in [0.2, 0.25) is 0 Å². The van der Waals surface area contributed by atoms with E-state index in [1.54, 1.807) is 11.7 Å². The van der Waals surface area contributed by atoms with Gasteiger partial charge in [-0.25, -0.2) is 8.42 Å². The van der Waals surface area contributed by atoms with Gasteiger partial charge in [0, 0.05) is 26.4 Å². The Balaban J connectivity index is 2.08. The summed E-state index contributed by atoms with van der Waals surface area (Å²) < 4.78 is 35.1. The molecule has 2 aromatic heterocycles. The molecule has 0 spiro atoms. The number of nitrogens with zero attached hydrogens (tertiary/aromatic N) is 5. The molecule has 0 aromatic carbocycles. The zero-order valence-electron chi connectivity index (χ0n) is 15.5. The number of sulfonamides is 1. The molecule has 0 unspecified atom stereocenters. The number of hydrogen-bond donors (Lipinski definition) is 1. The van der Waals surface area contributed by atoms with Crippen LogP contribution in [0.5, 0.6) is 0 Å². The minimum absolute atomic E-state index is 0.00194. The SMILES string of the molecule is CCc1noc([C@H]2C[C@H](O)CN2S(=O)(=O)c2c(CC)nn(C)c2CC)n1. The molecule has 2 atom stereocenters. The van der Waals surface area contributed by atoms with Crippen molar-refractivity contribution in [3.63, 3.8) is 0 Å². The first kappa shape index (κ1) is 19.0. The van der Waals surface area contributed by atoms with Crippen molar-refractivity contribution in [2.24, 2.45) is 7.05 Å². The topological polar surface area (TPSA) is 114 Å². The minimum atomic E-state index is -3.87. The van der Waals surface area contributed by atoms with Gasteiger partial charge in [-0.05, 0) is 12.8 Å². The summed E-state index contributed by atoms with van der Waals surface area (Å²) in [7, 11) is -2.12. The maximum absolute atomic E-state index is 13.5. The minimum Gasteiger partial charge on any atom is -0.392 e. The molecule has 144 valence electrons. The van der Waals surface area contributed by atoms with Gasteiger partial charge in [-0.3, -0.25) is 4.68 Å². The van der Waals surface area contributed by atoms with Crippen LogP contribution in [0, 0.1) is 0 Å². The first-order chi connectivity index (χ1) is 12.3. The van der Waals surface area contributed by atoms with E-state index in [1.807, 2.05) is 20.8 Å². The molecule has 0 radical (unpaired) electrons. The standard InChI is InChI=1S/C16H25N5O4S/c1-5-11-15(12(6-2)20(4)18-11)26(23,24)21-9-10(22)8-13(21)16-17-14(7-3)19-25-16/h10,13,22H,5-9H2,1-4H3/t10-,13+/m0/s1. The van der Waals surface area contributed by atoms with E-state index < -0.39 is 22.2 Å². The molecule has 0 aliphatic carbocycles. The highest BCUT2D eigenvalue weighted by molar-refractivity contribution is 7.89. The predicted octanol–water partition coefficient (Wildman–Crippen LogP) is 0.987. The fraction of sp³-hybridized carbons (Fsp3) is 0.688. The van der Waals surface area contributed by atoms with Crippen LogP contribution in [-0.2, 0) is 36.3 Å². The lowest BCUT2D eigenvalue weighted by molar-refractivity contribution is 0.188. The fourth-order valence-corrected chi connectivity index (χ4v) is 5.63. The highest BCUT2D eigenvalue weighted by atomic mass is 32.2. The first-order valence-electron chi connectivity index (χ1n) is 8.90. The molecule has 0 amide bonds. The summed E-state index contributed by atoms with van der Waals surface area (Å²) in [6, 6.07) is -0.669. The number of rotatable bonds is 6. The number of hydrogen-bond acceptors (Lipinski definition) is 7. The third-order valence-corrected chi connectivity index (χ3v) is 6.75. The van der Waals surface area contributed by atoms with Crippen molar-refractivity contribution in [2.75, 3.05) is 6.54 Å². The Kier molecular flexibility index (Phi) is 5.18. The molecule has 3 heterocycles. The van der Waals surface area contributed by atoms with Crippen molar-refractivity contribution in [2.45, 2.75) is 63.5 Å². The van der Waals surface area contributed by atoms with Gasteiger partial charge in [0.15, 0.2) is 5.82 Å². The van der Waals surface area contributed by atoms with Gasteiger partial charge in [0.2, 0.25) is 15.9 Å². The van der Waals surface area contributed by atoms with Crippen molar-refractivity contribution in [3.8, 4) is 0 Å². The van der Waals surface area contributed by atoms with E-state index in [0.29, 0.717) is 36.5 Å². The normalized spacial score (nSPS) is 21.6. The average Bonchev–Trinajstić information content (AvgIpc) is 3.30. The summed E-state index contributed by atoms with van der Waals surface area (Å²) in [6.45, 7) is 5.67. The van der Waals surface area contributed by atoms with E-state index in [-0.39, 0.29) is 23.8 Å². The lowest BCUT2D eigenvalue weighted by Crippen LogP contribution is -2.33. The summed E-state index contributed by atoms with van der Waals surface area (Å²) >= 11 is 0. The largest absolute Gasteiger partial charge is 0.392 e. The fourth-order valence-electron chi connectivity index (χ4n) is 3.46. The van der Waals surface area contributed by atoms with Gasteiger partial charge < -0.3 is 9.63 Å². The molecule has 2 aromatic rings. The van der Waals surface area contributed by atoms with Crippen LogP contribution in [-0.4, -0.2) is 50.4 Å². The van der Waals surface area contributed by atoms with E-state index in [4.69, 9.17) is 4.52 Å². The Bertz CT molecular complexity index is 889. The Morgan fingerprint density at radius 1 is 1.23 bits per heavy atom. The third-order valence-electron chi connectivity index (χ3n) is 4.74. The monoisotopic (exact) mass is 383 g/mol. The molecule has 26 heavy (non-hydrogen) atoms. The maximum atomic E-state index is 13.5. The summed E-state index contributed by atoms with van der Waals surface area (Å²) in [4.78, 5) is 4.51. The van der Waals surface area contributed by atoms with Crippen molar-refractivity contribution >= 4 is 10.0 Å². The number of aromatic nitrogens is 4. The Hall–Kier alpha value is -1.78. The van der Waals surface area contributed by atoms with Crippen molar-refractivity contribution < 1.29 is 18.0 Å². The van der Waals surface area contributed by atoms with Gasteiger partial charge in [-0.1, -0.05) is 25.9 Å². The number of aliphatic hydroxyl groups is 1. The molecule has 1 N–H and O–H groups in total. The zero-order chi connectivity index (χ0) is 19.1. The molecular formula is C16H25N5O4S. The predicted molar refractivity (Wildman–Crippen MR) is 92.9 cm³/mol. The lowest BCUT2D eigenvalue weighted by Gasteiger charge is -2.21. The van der Waals surface area contributed by atoms with Crippen molar-refractivity contribution in [1.82, 2.24) is 24.2 Å². The van der Waals surface area contributed by atoms with Gasteiger partial charge in [0.05, 0.1) is 17.5 Å². The number of β-amino-alcohol motifs (C(OH)–C–C–N with tert-alkyl or cyclic N) is 1. The second-order valence-electron chi connectivity index (χ2n) is 6.44. The first-order valence-corrected chi connectivity index (χ1v) is 10.3. The summed E-state index contributed by atoms with van der Waals surface area (Å²) in [5, 5.41) is 18.4. The Morgan fingerprint density at radius 3 is 2.54 bits per heavy atom. The summed E-state index contributed by atoms with van der Waals surface area (Å²) in [6.07, 6.45) is 1.09. The van der Waals surface area contributed by atoms with Crippen LogP contribution in [0.25, 0.3) is 0 Å². The Morgan fingerprint density at radius 2 is 1.96 bits per heavy atom. The number of aryl methyl sites for hydroxylation is 3. The van der Waals surface area contributed by atoms with Crippen LogP contribution in [0.1, 0.15) is 56.3 Å². The van der Waals surface area contributed by atoms with Crippen molar-refractivity contribution in [3.05, 3.63) is 23.1 Å². The molecule has 3 rings (SSSR count). The van der Waals surface area contributed by atoms with Crippen molar-refractivity contribution in [1.29, 1.82) is 0 Å². The van der Waals surface area contributed by atoms with Gasteiger partial charge in [-0.2, -0.15) is 14.4 Å². The van der Waals surface area contributed by atoms with Crippen LogP contribution < -0.4 is 0 Å². The van der Waals surface area contributed by atoms with E-state index in [9.17, 15) is 13.5 Å². The molecule has 9 nitrogen and oxygen atoms in total. The van der Waals surface area contributed by atoms with Gasteiger partial charge >= 0.3 is 0 Å². The third kappa shape index (κ3) is 3.06. The average molecular weight is 383 g/mol. The van der Waals surface area contributed by atoms with E-state index in [2.05, 4.69) is 15.2 Å². The lowest BCUT2D eigenvalue weighted by atomic mass is 10.2. The van der Waals surface area contributed by atoms with Gasteiger partial charge in [0.25, 0.3) is 0 Å². The van der Waals surface area contributed by atoms with E-state index in [0.717, 1.165) is 0 Å². The zero-order valence-corrected chi connectivity index (χ0v) is 16.3. The smallest absolute Gasteiger partial charge is 0.247 e. The highest BCUT2D eigenvalue weighted by Gasteiger charge is 2.45. The summed E-state index contributed by atoms with van der Waals surface area (Å²) in [5.74, 6) is 0.741. The van der Waals surface area contributed by atoms with E-state index >= 15 is 0 Å². The van der Waals surface area contributed by atoms with Gasteiger partial charge in [0.1, 0.15) is 10.9 Å². The quantitative estimate of drug-likeness (QED) is 0.791. The van der Waals surface area contributed by atoms with E-state index in [1.165, 1.54) is 4.31 Å². The highest BCUT2D eigenvalue weighted by Crippen LogP contribution is 2.38. The maximum Gasteiger partial charge on any atom is 0.247 e. The second-order valence-corrected chi connectivity index (χ2v) is 8.26. The molecule has 1 saturated heterocycles. The molecule has 1 aliphatic rings. The molecule has 0 saturated carbocycles. The molecule has 1 aliphatic heterocycles.